The van der Waals surface area contributed by atoms with E-state index in [4.69, 9.17) is 30.4 Å². The highest BCUT2D eigenvalue weighted by Crippen LogP contribution is 2.69. The third-order valence-electron chi connectivity index (χ3n) is 14.0. The molecule has 0 aromatic rings. The summed E-state index contributed by atoms with van der Waals surface area (Å²) < 4.78 is 24.5. The van der Waals surface area contributed by atoms with Gasteiger partial charge >= 0.3 is 23.9 Å². The summed E-state index contributed by atoms with van der Waals surface area (Å²) in [5, 5.41) is 0. The predicted octanol–water partition coefficient (Wildman–Crippen LogP) is 7.42. The molecule has 10 heteroatoms. The fourth-order valence-electron chi connectivity index (χ4n) is 11.3. The maximum Gasteiger partial charge on any atom is 0.307 e. The summed E-state index contributed by atoms with van der Waals surface area (Å²) in [4.78, 5) is 51.7. The van der Waals surface area contributed by atoms with Crippen molar-refractivity contribution in [3.8, 4) is 0 Å². The first kappa shape index (κ1) is 42.5. The normalized spacial score (nSPS) is 34.3. The number of unbranched alkanes of at least 4 members (excludes halogenated alkanes) is 5. The summed E-state index contributed by atoms with van der Waals surface area (Å²) >= 11 is 0. The maximum atomic E-state index is 13.2. The van der Waals surface area contributed by atoms with Crippen LogP contribution in [0.1, 0.15) is 157 Å². The quantitative estimate of drug-likeness (QED) is 0.0733. The standard InChI is InChI=1S/C42H72N2O8/c1-6-8-9-10-11-12-24-49-36(45)17-14-28(3)31-15-16-32-40-33(27-35(42(31,32)5)52-39(48)20-23-44)41(4)21-18-30(50-38(47)19-22-43)25-29(41)26-34(40)51-37(46)13-7-2/h28-35,40H,6-27,43-44H2,1-5H3/t28-,29+,30-,31-,32+,33+,34-,35+,40+,41+,42-/m1/s1. The molecule has 4 fully saturated rings. The van der Waals surface area contributed by atoms with Crippen LogP contribution in [0.3, 0.4) is 0 Å². The summed E-state index contributed by atoms with van der Waals surface area (Å²) in [6.07, 6.45) is 14.5. The van der Waals surface area contributed by atoms with Gasteiger partial charge in [0.25, 0.3) is 0 Å². The molecule has 0 aromatic heterocycles. The zero-order valence-corrected chi connectivity index (χ0v) is 33.2. The number of nitrogens with two attached hydrogens (primary N) is 2. The number of ether oxygens (including phenoxy) is 4. The molecule has 0 bridgehead atoms. The Morgan fingerprint density at radius 1 is 0.712 bits per heavy atom. The summed E-state index contributed by atoms with van der Waals surface area (Å²) in [5.74, 6) is 0.330. The van der Waals surface area contributed by atoms with Gasteiger partial charge in [0.05, 0.1) is 19.4 Å². The summed E-state index contributed by atoms with van der Waals surface area (Å²) in [6.45, 7) is 12.1. The maximum absolute atomic E-state index is 13.2. The van der Waals surface area contributed by atoms with Gasteiger partial charge in [0.1, 0.15) is 18.3 Å². The first-order chi connectivity index (χ1) is 24.9. The van der Waals surface area contributed by atoms with Gasteiger partial charge in [-0.3, -0.25) is 19.2 Å². The zero-order chi connectivity index (χ0) is 37.9. The molecule has 52 heavy (non-hydrogen) atoms. The van der Waals surface area contributed by atoms with Gasteiger partial charge in [-0.2, -0.15) is 0 Å². The molecule has 0 amide bonds. The molecule has 298 valence electrons. The molecule has 4 aliphatic rings. The molecule has 0 saturated heterocycles. The topological polar surface area (TPSA) is 157 Å². The Hall–Kier alpha value is -2.20. The molecule has 0 aromatic carbocycles. The molecular weight excluding hydrogens is 660 g/mol. The smallest absolute Gasteiger partial charge is 0.307 e. The van der Waals surface area contributed by atoms with Gasteiger partial charge in [0.15, 0.2) is 0 Å². The fourth-order valence-corrected chi connectivity index (χ4v) is 11.3. The van der Waals surface area contributed by atoms with Crippen LogP contribution >= 0.6 is 0 Å². The highest BCUT2D eigenvalue weighted by atomic mass is 16.6. The van der Waals surface area contributed by atoms with Crippen LogP contribution in [0.4, 0.5) is 0 Å². The van der Waals surface area contributed by atoms with Crippen LogP contribution in [-0.4, -0.2) is 61.9 Å². The average Bonchev–Trinajstić information content (AvgIpc) is 3.46. The lowest BCUT2D eigenvalue weighted by Gasteiger charge is -2.64. The van der Waals surface area contributed by atoms with E-state index in [1.807, 2.05) is 6.92 Å². The van der Waals surface area contributed by atoms with E-state index in [-0.39, 0.29) is 114 Å². The third-order valence-corrected chi connectivity index (χ3v) is 14.0. The molecule has 0 heterocycles. The van der Waals surface area contributed by atoms with Crippen molar-refractivity contribution in [1.29, 1.82) is 0 Å². The van der Waals surface area contributed by atoms with Gasteiger partial charge in [0.2, 0.25) is 0 Å². The molecule has 4 N–H and O–H groups in total. The number of fused-ring (bicyclic) bond motifs is 5. The van der Waals surface area contributed by atoms with E-state index in [0.29, 0.717) is 25.9 Å². The van der Waals surface area contributed by atoms with Crippen molar-refractivity contribution in [2.45, 2.75) is 175 Å². The monoisotopic (exact) mass is 733 g/mol. The number of hydrogen-bond acceptors (Lipinski definition) is 10. The minimum Gasteiger partial charge on any atom is -0.466 e. The van der Waals surface area contributed by atoms with Crippen LogP contribution < -0.4 is 11.5 Å². The van der Waals surface area contributed by atoms with E-state index in [2.05, 4.69) is 27.7 Å². The number of carbonyl (C=O) groups excluding carboxylic acids is 4. The molecule has 4 saturated carbocycles. The summed E-state index contributed by atoms with van der Waals surface area (Å²) in [5.41, 5.74) is 11.0. The second kappa shape index (κ2) is 19.9. The Balaban J connectivity index is 1.56. The van der Waals surface area contributed by atoms with Crippen molar-refractivity contribution >= 4 is 23.9 Å². The molecule has 4 aliphatic carbocycles. The lowest BCUT2D eigenvalue weighted by molar-refractivity contribution is -0.225. The molecule has 4 rings (SSSR count). The highest BCUT2D eigenvalue weighted by Gasteiger charge is 2.67. The van der Waals surface area contributed by atoms with E-state index in [1.165, 1.54) is 25.7 Å². The minimum atomic E-state index is -0.346. The zero-order valence-electron chi connectivity index (χ0n) is 33.2. The Morgan fingerprint density at radius 3 is 2.08 bits per heavy atom. The largest absolute Gasteiger partial charge is 0.466 e. The van der Waals surface area contributed by atoms with Crippen LogP contribution in [0.2, 0.25) is 0 Å². The Morgan fingerprint density at radius 2 is 1.38 bits per heavy atom. The van der Waals surface area contributed by atoms with E-state index in [1.54, 1.807) is 0 Å². The van der Waals surface area contributed by atoms with Crippen molar-refractivity contribution < 1.29 is 38.1 Å². The van der Waals surface area contributed by atoms with E-state index < -0.39 is 0 Å². The van der Waals surface area contributed by atoms with Crippen molar-refractivity contribution in [1.82, 2.24) is 0 Å². The molecule has 0 spiro atoms. The second-order valence-electron chi connectivity index (χ2n) is 17.2. The minimum absolute atomic E-state index is 0.0849. The lowest BCUT2D eigenvalue weighted by atomic mass is 9.43. The van der Waals surface area contributed by atoms with Gasteiger partial charge in [0, 0.05) is 37.3 Å². The molecular formula is C42H72N2O8. The summed E-state index contributed by atoms with van der Waals surface area (Å²) in [6, 6.07) is 0. The highest BCUT2D eigenvalue weighted by molar-refractivity contribution is 5.71. The van der Waals surface area contributed by atoms with Crippen molar-refractivity contribution in [2.75, 3.05) is 19.7 Å². The number of rotatable bonds is 20. The number of hydrogen-bond donors (Lipinski definition) is 2. The number of carbonyl (C=O) groups is 4. The molecule has 10 nitrogen and oxygen atoms in total. The van der Waals surface area contributed by atoms with E-state index in [9.17, 15) is 19.2 Å². The molecule has 0 aliphatic heterocycles. The lowest BCUT2D eigenvalue weighted by Crippen LogP contribution is -2.63. The van der Waals surface area contributed by atoms with Crippen molar-refractivity contribution in [3.63, 3.8) is 0 Å². The van der Waals surface area contributed by atoms with Crippen molar-refractivity contribution in [2.24, 2.45) is 57.8 Å². The first-order valence-electron chi connectivity index (χ1n) is 21.1. The van der Waals surface area contributed by atoms with Crippen LogP contribution in [0.5, 0.6) is 0 Å². The second-order valence-corrected chi connectivity index (χ2v) is 17.2. The van der Waals surface area contributed by atoms with Gasteiger partial charge < -0.3 is 30.4 Å². The van der Waals surface area contributed by atoms with Gasteiger partial charge in [-0.25, -0.2) is 0 Å². The van der Waals surface area contributed by atoms with Crippen molar-refractivity contribution in [3.05, 3.63) is 0 Å². The Bertz CT molecular complexity index is 1180. The molecule has 11 atom stereocenters. The average molecular weight is 733 g/mol. The SMILES string of the molecule is CCCCCCCCOC(=O)CC[C@@H](C)[C@H]1CC[C@H]2[C@@H]3[C@H](OC(=O)CCC)C[C@@H]4C[C@H](OC(=O)CCN)CC[C@]4(C)[C@H]3C[C@H](OC(=O)CCN)[C@]12C. The van der Waals surface area contributed by atoms with Gasteiger partial charge in [-0.1, -0.05) is 66.7 Å². The Labute approximate surface area is 313 Å². The van der Waals surface area contributed by atoms with E-state index >= 15 is 0 Å². The third kappa shape index (κ3) is 10.1. The summed E-state index contributed by atoms with van der Waals surface area (Å²) in [7, 11) is 0. The van der Waals surface area contributed by atoms with E-state index in [0.717, 1.165) is 64.2 Å². The van der Waals surface area contributed by atoms with Gasteiger partial charge in [-0.05, 0) is 99.2 Å². The van der Waals surface area contributed by atoms with Gasteiger partial charge in [-0.15, -0.1) is 0 Å². The van der Waals surface area contributed by atoms with Crippen LogP contribution in [0, 0.1) is 46.3 Å². The van der Waals surface area contributed by atoms with Crippen LogP contribution in [0.15, 0.2) is 0 Å². The molecule has 0 radical (unpaired) electrons. The fraction of sp³-hybridized carbons (Fsp3) is 0.905. The van der Waals surface area contributed by atoms with Crippen LogP contribution in [0.25, 0.3) is 0 Å². The number of esters is 4. The molecule has 0 unspecified atom stereocenters. The van der Waals surface area contributed by atoms with Crippen LogP contribution in [-0.2, 0) is 38.1 Å². The predicted molar refractivity (Wildman–Crippen MR) is 201 cm³/mol. The first-order valence-corrected chi connectivity index (χ1v) is 21.1. The Kier molecular flexibility index (Phi) is 16.3.